The first-order valence-electron chi connectivity index (χ1n) is 5.05. The zero-order chi connectivity index (χ0) is 11.8. The van der Waals surface area contributed by atoms with Gasteiger partial charge < -0.3 is 10.1 Å². The van der Waals surface area contributed by atoms with Crippen molar-refractivity contribution in [3.8, 4) is 5.75 Å². The van der Waals surface area contributed by atoms with Crippen molar-refractivity contribution in [1.82, 2.24) is 5.32 Å². The number of rotatable bonds is 2. The molecule has 0 bridgehead atoms. The Labute approximate surface area is 91.4 Å². The summed E-state index contributed by atoms with van der Waals surface area (Å²) in [6, 6.07) is 6.46. The van der Waals surface area contributed by atoms with E-state index in [0.29, 0.717) is 12.0 Å². The molecule has 0 amide bonds. The van der Waals surface area contributed by atoms with Crippen LogP contribution in [0.25, 0.3) is 0 Å². The summed E-state index contributed by atoms with van der Waals surface area (Å²) in [6.45, 7) is 2.93. The highest BCUT2D eigenvalue weighted by molar-refractivity contribution is 5.31. The smallest absolute Gasteiger partial charge is 0.406 e. The van der Waals surface area contributed by atoms with Gasteiger partial charge in [-0.2, -0.15) is 0 Å². The molecule has 0 spiro atoms. The van der Waals surface area contributed by atoms with E-state index >= 15 is 0 Å². The first-order chi connectivity index (χ1) is 7.46. The molecule has 0 radical (unpaired) electrons. The highest BCUT2D eigenvalue weighted by Gasteiger charge is 2.31. The van der Waals surface area contributed by atoms with Crippen LogP contribution in [0, 0.1) is 0 Å². The van der Waals surface area contributed by atoms with Crippen molar-refractivity contribution in [3.05, 3.63) is 29.8 Å². The van der Waals surface area contributed by atoms with Gasteiger partial charge in [0, 0.05) is 18.5 Å². The van der Waals surface area contributed by atoms with E-state index in [2.05, 4.69) is 10.1 Å². The maximum absolute atomic E-state index is 11.9. The standard InChI is InChI=1S/C11H12F3NO/c1-7-10(6-15-7)8-2-4-9(5-3-8)16-11(12,13)14/h2-5,7,10,15H,6H2,1H3. The van der Waals surface area contributed by atoms with Crippen LogP contribution >= 0.6 is 0 Å². The van der Waals surface area contributed by atoms with Gasteiger partial charge in [-0.1, -0.05) is 12.1 Å². The molecule has 5 heteroatoms. The van der Waals surface area contributed by atoms with E-state index in [1.165, 1.54) is 12.1 Å². The summed E-state index contributed by atoms with van der Waals surface area (Å²) in [7, 11) is 0. The summed E-state index contributed by atoms with van der Waals surface area (Å²) < 4.78 is 39.5. The summed E-state index contributed by atoms with van der Waals surface area (Å²) in [5, 5.41) is 3.20. The number of halogens is 3. The van der Waals surface area contributed by atoms with Gasteiger partial charge in [0.2, 0.25) is 0 Å². The number of alkyl halides is 3. The summed E-state index contributed by atoms with van der Waals surface area (Å²) in [4.78, 5) is 0. The number of hydrogen-bond donors (Lipinski definition) is 1. The Morgan fingerprint density at radius 1 is 1.25 bits per heavy atom. The molecular formula is C11H12F3NO. The van der Waals surface area contributed by atoms with Gasteiger partial charge in [0.1, 0.15) is 5.75 Å². The first-order valence-corrected chi connectivity index (χ1v) is 5.05. The van der Waals surface area contributed by atoms with Gasteiger partial charge in [0.05, 0.1) is 0 Å². The number of ether oxygens (including phenoxy) is 1. The Bertz CT molecular complexity index is 360. The molecule has 0 aromatic heterocycles. The molecule has 0 aliphatic carbocycles. The molecule has 0 saturated carbocycles. The predicted octanol–water partition coefficient (Wildman–Crippen LogP) is 2.66. The molecule has 1 aliphatic heterocycles. The third-order valence-electron chi connectivity index (χ3n) is 2.81. The number of nitrogens with one attached hydrogen (secondary N) is 1. The maximum Gasteiger partial charge on any atom is 0.573 e. The van der Waals surface area contributed by atoms with Crippen molar-refractivity contribution in [2.24, 2.45) is 0 Å². The van der Waals surface area contributed by atoms with Crippen molar-refractivity contribution in [2.75, 3.05) is 6.54 Å². The Balaban J connectivity index is 2.05. The highest BCUT2D eigenvalue weighted by atomic mass is 19.4. The fourth-order valence-corrected chi connectivity index (χ4v) is 1.79. The molecule has 1 aromatic rings. The molecule has 2 nitrogen and oxygen atoms in total. The van der Waals surface area contributed by atoms with E-state index in [-0.39, 0.29) is 5.75 Å². The topological polar surface area (TPSA) is 21.3 Å². The van der Waals surface area contributed by atoms with Crippen LogP contribution < -0.4 is 10.1 Å². The van der Waals surface area contributed by atoms with E-state index in [0.717, 1.165) is 12.1 Å². The second kappa shape index (κ2) is 3.97. The normalized spacial score (nSPS) is 25.0. The molecule has 2 atom stereocenters. The van der Waals surface area contributed by atoms with Gasteiger partial charge in [-0.05, 0) is 24.6 Å². The lowest BCUT2D eigenvalue weighted by molar-refractivity contribution is -0.274. The maximum atomic E-state index is 11.9. The van der Waals surface area contributed by atoms with E-state index in [4.69, 9.17) is 0 Å². The van der Waals surface area contributed by atoms with Crippen molar-refractivity contribution < 1.29 is 17.9 Å². The largest absolute Gasteiger partial charge is 0.573 e. The second-order valence-electron chi connectivity index (χ2n) is 3.92. The lowest BCUT2D eigenvalue weighted by atomic mass is 9.86. The summed E-state index contributed by atoms with van der Waals surface area (Å²) in [6.07, 6.45) is -4.62. The number of hydrogen-bond acceptors (Lipinski definition) is 2. The molecule has 1 aromatic carbocycles. The molecule has 88 valence electrons. The zero-order valence-corrected chi connectivity index (χ0v) is 8.71. The Kier molecular flexibility index (Phi) is 2.80. The molecular weight excluding hydrogens is 219 g/mol. The first kappa shape index (κ1) is 11.3. The Hall–Kier alpha value is -1.23. The molecule has 1 fully saturated rings. The van der Waals surface area contributed by atoms with Gasteiger partial charge in [0.25, 0.3) is 0 Å². The predicted molar refractivity (Wildman–Crippen MR) is 53.3 cm³/mol. The minimum absolute atomic E-state index is 0.170. The van der Waals surface area contributed by atoms with E-state index in [1.54, 1.807) is 12.1 Å². The molecule has 1 aliphatic rings. The fourth-order valence-electron chi connectivity index (χ4n) is 1.79. The zero-order valence-electron chi connectivity index (χ0n) is 8.71. The Morgan fingerprint density at radius 3 is 2.25 bits per heavy atom. The van der Waals surface area contributed by atoms with E-state index < -0.39 is 6.36 Å². The van der Waals surface area contributed by atoms with Crippen LogP contribution in [0.3, 0.4) is 0 Å². The van der Waals surface area contributed by atoms with Crippen molar-refractivity contribution in [2.45, 2.75) is 25.2 Å². The lowest BCUT2D eigenvalue weighted by Gasteiger charge is -2.35. The fraction of sp³-hybridized carbons (Fsp3) is 0.455. The summed E-state index contributed by atoms with van der Waals surface area (Å²) in [5.41, 5.74) is 1.04. The van der Waals surface area contributed by atoms with Crippen LogP contribution in [-0.4, -0.2) is 18.9 Å². The van der Waals surface area contributed by atoms with Crippen LogP contribution in [0.5, 0.6) is 5.75 Å². The van der Waals surface area contributed by atoms with Crippen LogP contribution in [-0.2, 0) is 0 Å². The second-order valence-corrected chi connectivity index (χ2v) is 3.92. The van der Waals surface area contributed by atoms with E-state index in [9.17, 15) is 13.2 Å². The molecule has 2 unspecified atom stereocenters. The van der Waals surface area contributed by atoms with Gasteiger partial charge in [-0.3, -0.25) is 0 Å². The highest BCUT2D eigenvalue weighted by Crippen LogP contribution is 2.29. The average Bonchev–Trinajstić information content (AvgIpc) is 2.16. The van der Waals surface area contributed by atoms with Crippen molar-refractivity contribution >= 4 is 0 Å². The van der Waals surface area contributed by atoms with Gasteiger partial charge in [-0.15, -0.1) is 13.2 Å². The minimum Gasteiger partial charge on any atom is -0.406 e. The summed E-state index contributed by atoms with van der Waals surface area (Å²) >= 11 is 0. The quantitative estimate of drug-likeness (QED) is 0.844. The average molecular weight is 231 g/mol. The third kappa shape index (κ3) is 2.47. The van der Waals surface area contributed by atoms with Crippen LogP contribution in [0.2, 0.25) is 0 Å². The SMILES string of the molecule is CC1NCC1c1ccc(OC(F)(F)F)cc1. The summed E-state index contributed by atoms with van der Waals surface area (Å²) in [5.74, 6) is 0.219. The third-order valence-corrected chi connectivity index (χ3v) is 2.81. The minimum atomic E-state index is -4.62. The van der Waals surface area contributed by atoms with Crippen LogP contribution in [0.4, 0.5) is 13.2 Å². The number of benzene rings is 1. The van der Waals surface area contributed by atoms with Gasteiger partial charge in [-0.25, -0.2) is 0 Å². The molecule has 1 heterocycles. The molecule has 16 heavy (non-hydrogen) atoms. The monoisotopic (exact) mass is 231 g/mol. The lowest BCUT2D eigenvalue weighted by Crippen LogP contribution is -2.48. The Morgan fingerprint density at radius 2 is 1.88 bits per heavy atom. The molecule has 2 rings (SSSR count). The van der Waals surface area contributed by atoms with Gasteiger partial charge >= 0.3 is 6.36 Å². The van der Waals surface area contributed by atoms with Crippen LogP contribution in [0.15, 0.2) is 24.3 Å². The van der Waals surface area contributed by atoms with Gasteiger partial charge in [0.15, 0.2) is 0 Å². The van der Waals surface area contributed by atoms with Crippen molar-refractivity contribution in [3.63, 3.8) is 0 Å². The van der Waals surface area contributed by atoms with E-state index in [1.807, 2.05) is 6.92 Å². The van der Waals surface area contributed by atoms with Crippen LogP contribution in [0.1, 0.15) is 18.4 Å². The van der Waals surface area contributed by atoms with Crippen molar-refractivity contribution in [1.29, 1.82) is 0 Å². The molecule has 1 N–H and O–H groups in total. The molecule has 1 saturated heterocycles.